The minimum atomic E-state index is -0.202. The molecular formula is C45H36AlO6. The van der Waals surface area contributed by atoms with Crippen molar-refractivity contribution in [2.45, 2.75) is 0 Å². The molecule has 0 aliphatic rings. The smallest absolute Gasteiger partial charge is 0.189 e. The van der Waals surface area contributed by atoms with Gasteiger partial charge in [-0.25, -0.2) is 0 Å². The molecule has 0 fully saturated rings. The van der Waals surface area contributed by atoms with Crippen molar-refractivity contribution in [3.8, 4) is 0 Å². The Hall–Kier alpha value is -6.52. The van der Waals surface area contributed by atoms with Crippen LogP contribution in [0.2, 0.25) is 0 Å². The summed E-state index contributed by atoms with van der Waals surface area (Å²) in [5.74, 6) is -0.649. The van der Waals surface area contributed by atoms with Crippen molar-refractivity contribution in [3.05, 3.63) is 234 Å². The van der Waals surface area contributed by atoms with E-state index in [0.717, 1.165) is 0 Å². The van der Waals surface area contributed by atoms with Gasteiger partial charge in [0.15, 0.2) is 17.3 Å². The quantitative estimate of drug-likeness (QED) is 0.0600. The predicted molar refractivity (Wildman–Crippen MR) is 209 cm³/mol. The third kappa shape index (κ3) is 13.1. The third-order valence-corrected chi connectivity index (χ3v) is 7.19. The molecule has 0 bridgehead atoms. The average Bonchev–Trinajstić information content (AvgIpc) is 3.20. The number of carbonyl (C=O) groups is 3. The van der Waals surface area contributed by atoms with Crippen LogP contribution in [0.25, 0.3) is 17.3 Å². The topological polar surface area (TPSA) is 112 Å². The summed E-state index contributed by atoms with van der Waals surface area (Å²) in [6, 6.07) is 53.6. The van der Waals surface area contributed by atoms with Crippen LogP contribution in [-0.2, 0) is 0 Å². The number of ketones is 3. The second kappa shape index (κ2) is 21.5. The Morgan fingerprint density at radius 2 is 0.442 bits per heavy atom. The number of hydrogen-bond acceptors (Lipinski definition) is 6. The van der Waals surface area contributed by atoms with E-state index in [2.05, 4.69) is 0 Å². The van der Waals surface area contributed by atoms with Gasteiger partial charge in [-0.2, -0.15) is 0 Å². The fraction of sp³-hybridized carbons (Fsp3) is 0. The molecule has 0 amide bonds. The molecule has 0 spiro atoms. The minimum absolute atomic E-state index is 0. The molecule has 3 radical (unpaired) electrons. The molecule has 0 aliphatic heterocycles. The fourth-order valence-electron chi connectivity index (χ4n) is 4.51. The molecule has 3 N–H and O–H groups in total. The maximum Gasteiger partial charge on any atom is 0.189 e. The fourth-order valence-corrected chi connectivity index (χ4v) is 4.51. The second-order valence-electron chi connectivity index (χ2n) is 10.9. The van der Waals surface area contributed by atoms with Gasteiger partial charge in [0.05, 0.1) is 0 Å². The van der Waals surface area contributed by atoms with E-state index in [0.29, 0.717) is 33.4 Å². The zero-order chi connectivity index (χ0) is 36.3. The largest absolute Gasteiger partial charge is 0.507 e. The summed E-state index contributed by atoms with van der Waals surface area (Å²) in [5.41, 5.74) is 3.60. The molecule has 6 aromatic carbocycles. The lowest BCUT2D eigenvalue weighted by Gasteiger charge is -1.99. The van der Waals surface area contributed by atoms with E-state index in [1.54, 1.807) is 109 Å². The molecule has 0 atom stereocenters. The molecule has 0 unspecified atom stereocenters. The standard InChI is InChI=1S/3C15H12O2.Al/c3*16-14(12-7-3-1-4-8-12)11-15(17)13-9-5-2-6-10-13;/h3*1-11,16H;/b3*14-11-;. The predicted octanol–water partition coefficient (Wildman–Crippen LogP) is 10.0. The van der Waals surface area contributed by atoms with Gasteiger partial charge in [-0.3, -0.25) is 14.4 Å². The van der Waals surface area contributed by atoms with Gasteiger partial charge in [0.25, 0.3) is 0 Å². The van der Waals surface area contributed by atoms with Crippen LogP contribution in [0.4, 0.5) is 0 Å². The summed E-state index contributed by atoms with van der Waals surface area (Å²) in [6.07, 6.45) is 3.72. The highest BCUT2D eigenvalue weighted by atomic mass is 27.0. The first-order chi connectivity index (χ1) is 24.8. The van der Waals surface area contributed by atoms with Crippen molar-refractivity contribution in [2.75, 3.05) is 0 Å². The second-order valence-corrected chi connectivity index (χ2v) is 10.9. The van der Waals surface area contributed by atoms with Gasteiger partial charge in [0.2, 0.25) is 0 Å². The van der Waals surface area contributed by atoms with Crippen LogP contribution >= 0.6 is 0 Å². The highest BCUT2D eigenvalue weighted by molar-refractivity contribution is 6.09. The monoisotopic (exact) mass is 699 g/mol. The van der Waals surface area contributed by atoms with E-state index in [-0.39, 0.29) is 52.0 Å². The first kappa shape index (κ1) is 39.9. The van der Waals surface area contributed by atoms with Gasteiger partial charge in [-0.1, -0.05) is 182 Å². The Morgan fingerprint density at radius 1 is 0.288 bits per heavy atom. The van der Waals surface area contributed by atoms with Crippen LogP contribution in [0.3, 0.4) is 0 Å². The number of hydrogen-bond donors (Lipinski definition) is 3. The van der Waals surface area contributed by atoms with E-state index < -0.39 is 0 Å². The van der Waals surface area contributed by atoms with E-state index >= 15 is 0 Å². The molecule has 6 aromatic rings. The van der Waals surface area contributed by atoms with E-state index in [1.807, 2.05) is 72.8 Å². The van der Waals surface area contributed by atoms with Gasteiger partial charge in [0, 0.05) is 69.0 Å². The molecule has 0 aliphatic carbocycles. The lowest BCUT2D eigenvalue weighted by molar-refractivity contribution is 0.103. The molecule has 0 saturated heterocycles. The SMILES string of the molecule is O=C(/C=C(\O)c1ccccc1)c1ccccc1.O=C(/C=C(\O)c1ccccc1)c1ccccc1.O=C(/C=C(\O)c1ccccc1)c1ccccc1.[Al]. The first-order valence-electron chi connectivity index (χ1n) is 16.0. The van der Waals surface area contributed by atoms with Crippen molar-refractivity contribution in [1.29, 1.82) is 0 Å². The number of rotatable bonds is 9. The lowest BCUT2D eigenvalue weighted by atomic mass is 10.1. The third-order valence-electron chi connectivity index (χ3n) is 7.19. The zero-order valence-corrected chi connectivity index (χ0v) is 29.4. The number of benzene rings is 6. The van der Waals surface area contributed by atoms with Crippen LogP contribution in [0, 0.1) is 0 Å². The molecule has 7 heteroatoms. The summed E-state index contributed by atoms with van der Waals surface area (Å²) in [5, 5.41) is 29.4. The Balaban J connectivity index is 0.000000208. The normalized spacial score (nSPS) is 11.0. The molecule has 6 rings (SSSR count). The van der Waals surface area contributed by atoms with E-state index in [1.165, 1.54) is 18.2 Å². The molecule has 0 heterocycles. The zero-order valence-electron chi connectivity index (χ0n) is 28.2. The maximum atomic E-state index is 11.8. The average molecular weight is 700 g/mol. The van der Waals surface area contributed by atoms with Gasteiger partial charge < -0.3 is 15.3 Å². The summed E-state index contributed by atoms with van der Waals surface area (Å²) >= 11 is 0. The molecule has 52 heavy (non-hydrogen) atoms. The molecule has 255 valence electrons. The van der Waals surface area contributed by atoms with Crippen LogP contribution in [0.5, 0.6) is 0 Å². The van der Waals surface area contributed by atoms with Crippen molar-refractivity contribution in [3.63, 3.8) is 0 Å². The summed E-state index contributed by atoms with van der Waals surface area (Å²) in [4.78, 5) is 35.4. The van der Waals surface area contributed by atoms with Gasteiger partial charge in [0.1, 0.15) is 17.3 Å². The Kier molecular flexibility index (Phi) is 16.5. The number of aliphatic hydroxyl groups excluding tert-OH is 3. The molecule has 0 aromatic heterocycles. The summed E-state index contributed by atoms with van der Waals surface area (Å²) in [6.45, 7) is 0. The number of allylic oxidation sites excluding steroid dienone is 3. The lowest BCUT2D eigenvalue weighted by Crippen LogP contribution is -1.95. The molecule has 0 saturated carbocycles. The van der Waals surface area contributed by atoms with Crippen molar-refractivity contribution >= 4 is 52.0 Å². The van der Waals surface area contributed by atoms with Crippen LogP contribution in [0.1, 0.15) is 47.8 Å². The Bertz CT molecular complexity index is 1830. The van der Waals surface area contributed by atoms with Crippen molar-refractivity contribution < 1.29 is 29.7 Å². The highest BCUT2D eigenvalue weighted by Gasteiger charge is 2.07. The number of carbonyl (C=O) groups excluding carboxylic acids is 3. The van der Waals surface area contributed by atoms with Gasteiger partial charge in [-0.15, -0.1) is 0 Å². The summed E-state index contributed by atoms with van der Waals surface area (Å²) in [7, 11) is 0. The molecule has 6 nitrogen and oxygen atoms in total. The Labute approximate surface area is 314 Å². The first-order valence-corrected chi connectivity index (χ1v) is 16.0. The van der Waals surface area contributed by atoms with Crippen LogP contribution in [0.15, 0.2) is 200 Å². The van der Waals surface area contributed by atoms with Crippen LogP contribution < -0.4 is 0 Å². The van der Waals surface area contributed by atoms with Gasteiger partial charge in [-0.05, 0) is 0 Å². The highest BCUT2D eigenvalue weighted by Crippen LogP contribution is 2.14. The van der Waals surface area contributed by atoms with Crippen LogP contribution in [-0.4, -0.2) is 50.0 Å². The maximum absolute atomic E-state index is 11.8. The van der Waals surface area contributed by atoms with Gasteiger partial charge >= 0.3 is 0 Å². The summed E-state index contributed by atoms with van der Waals surface area (Å²) < 4.78 is 0. The Morgan fingerprint density at radius 3 is 0.615 bits per heavy atom. The van der Waals surface area contributed by atoms with Crippen molar-refractivity contribution in [2.24, 2.45) is 0 Å². The minimum Gasteiger partial charge on any atom is -0.507 e. The number of aliphatic hydroxyl groups is 3. The van der Waals surface area contributed by atoms with E-state index in [4.69, 9.17) is 0 Å². The van der Waals surface area contributed by atoms with E-state index in [9.17, 15) is 29.7 Å². The molecular weight excluding hydrogens is 663 g/mol. The van der Waals surface area contributed by atoms with Crippen molar-refractivity contribution in [1.82, 2.24) is 0 Å².